The second kappa shape index (κ2) is 1550. The van der Waals surface area contributed by atoms with Crippen LogP contribution in [0.4, 0.5) is 23.5 Å². The lowest BCUT2D eigenvalue weighted by Gasteiger charge is -0.413. The molecule has 80 valence electrons. The van der Waals surface area contributed by atoms with Gasteiger partial charge in [0, 0.05) is 0 Å². The van der Waals surface area contributed by atoms with Crippen molar-refractivity contribution in [2.45, 2.75) is 0 Å². The minimum absolute atomic E-state index is 0. The van der Waals surface area contributed by atoms with Gasteiger partial charge in [-0.2, -0.15) is 0 Å². The van der Waals surface area contributed by atoms with Gasteiger partial charge in [0.25, 0.3) is 0 Å². The first-order valence-electron chi connectivity index (χ1n) is 0. The smallest absolute Gasteiger partial charge is 0.269 e. The van der Waals surface area contributed by atoms with Crippen LogP contribution in [-0.2, 0) is 0 Å². The highest BCUT2D eigenvalue weighted by Crippen LogP contribution is 0.424. The second-order valence-corrected chi connectivity index (χ2v) is 0. The van der Waals surface area contributed by atoms with Crippen LogP contribution < -0.4 is 0 Å². The number of halogens is 5. The zero-order valence-corrected chi connectivity index (χ0v) is 4.54. The van der Waals surface area contributed by atoms with Gasteiger partial charge in [0.2, 0.25) is 0 Å². The summed E-state index contributed by atoms with van der Waals surface area (Å²) in [5.74, 6) is 0. The summed E-state index contributed by atoms with van der Waals surface area (Å²) in [4.78, 5) is 0. The Morgan fingerprint density at radius 2 is 0.200 bits per heavy atom. The van der Waals surface area contributed by atoms with Gasteiger partial charge in [-0.1, -0.05) is 0 Å². The molecule has 0 rings (SSSR count). The van der Waals surface area contributed by atoms with Crippen molar-refractivity contribution in [3.05, 3.63) is 0 Å². The fourth-order valence-electron chi connectivity index (χ4n) is 0. The summed E-state index contributed by atoms with van der Waals surface area (Å²) in [5.41, 5.74) is 0. The van der Waals surface area contributed by atoms with Gasteiger partial charge in [0.15, 0.2) is 0 Å². The molecule has 10 heteroatoms. The summed E-state index contributed by atoms with van der Waals surface area (Å²) >= 11 is 0. The molecule has 0 aromatic heterocycles. The van der Waals surface area contributed by atoms with Gasteiger partial charge in [-0.05, 0) is 0 Å². The highest BCUT2D eigenvalue weighted by molar-refractivity contribution is 1.11. The predicted octanol–water partition coefficient (Wildman–Crippen LogP) is -3.36. The molecule has 0 fully saturated rings. The first-order chi connectivity index (χ1) is 0. The minimum atomic E-state index is 0. The van der Waals surface area contributed by atoms with E-state index in [9.17, 15) is 0 Å². The van der Waals surface area contributed by atoms with Gasteiger partial charge in [-0.25, -0.2) is 0 Å². The third kappa shape index (κ3) is 1020. The maximum atomic E-state index is 0. The lowest BCUT2D eigenvalue weighted by Crippen LogP contribution is -0.290. The van der Waals surface area contributed by atoms with Gasteiger partial charge in [-0.15, -0.1) is 0 Å². The standard InChI is InChI=1S/5FH.5H2O/h5*1H;5*1H2. The van der Waals surface area contributed by atoms with E-state index >= 15 is 0 Å². The van der Waals surface area contributed by atoms with E-state index in [1.54, 1.807) is 0 Å². The van der Waals surface area contributed by atoms with Crippen molar-refractivity contribution in [2.75, 3.05) is 0 Å². The molecule has 0 aliphatic rings. The zero-order valence-electron chi connectivity index (χ0n) is 4.54. The van der Waals surface area contributed by atoms with Crippen molar-refractivity contribution in [2.24, 2.45) is 0 Å². The lowest BCUT2D eigenvalue weighted by atomic mass is 16.0. The Labute approximate surface area is 52.4 Å². The van der Waals surface area contributed by atoms with Crippen molar-refractivity contribution in [1.82, 2.24) is 0 Å². The molecular weight excluding hydrogens is 175 g/mol. The molecule has 0 spiro atoms. The average molecular weight is 190 g/mol. The third-order valence-electron chi connectivity index (χ3n) is 0. The maximum Gasteiger partial charge on any atom is -0.269 e. The molecule has 0 aromatic rings. The molecule has 0 aromatic carbocycles. The Balaban J connectivity index is 0. The van der Waals surface area contributed by atoms with E-state index in [1.165, 1.54) is 0 Å². The molecule has 0 bridgehead atoms. The van der Waals surface area contributed by atoms with Crippen LogP contribution in [0.5, 0.6) is 0 Å². The molecule has 0 saturated heterocycles. The Bertz CT molecular complexity index is 10.0. The molecule has 0 heterocycles. The maximum absolute atomic E-state index is 0. The fourth-order valence-corrected chi connectivity index (χ4v) is 0. The van der Waals surface area contributed by atoms with Crippen LogP contribution in [0.25, 0.3) is 0 Å². The van der Waals surface area contributed by atoms with Crippen molar-refractivity contribution in [3.63, 3.8) is 0 Å². The summed E-state index contributed by atoms with van der Waals surface area (Å²) in [7, 11) is 0. The summed E-state index contributed by atoms with van der Waals surface area (Å²) in [6.45, 7) is 0. The normalized spacial score (nSPS) is 0. The minimum Gasteiger partial charge on any atom is -0.412 e. The van der Waals surface area contributed by atoms with E-state index < -0.39 is 0 Å². The fraction of sp³-hybridized carbons (Fsp3) is 0. The Morgan fingerprint density at radius 1 is 0.200 bits per heavy atom. The van der Waals surface area contributed by atoms with Crippen molar-refractivity contribution in [1.29, 1.82) is 0 Å². The van der Waals surface area contributed by atoms with E-state index in [0.29, 0.717) is 0 Å². The topological polar surface area (TPSA) is 158 Å². The van der Waals surface area contributed by atoms with Gasteiger partial charge in [0.1, 0.15) is 0 Å². The second-order valence-electron chi connectivity index (χ2n) is 0. The quantitative estimate of drug-likeness (QED) is 0.349. The number of hydrogen-bond acceptors (Lipinski definition) is 0. The highest BCUT2D eigenvalue weighted by atomic mass is 19.0. The van der Waals surface area contributed by atoms with Crippen LogP contribution in [0.2, 0.25) is 0 Å². The third-order valence-corrected chi connectivity index (χ3v) is 0. The van der Waals surface area contributed by atoms with Crippen LogP contribution in [0, 0.1) is 0 Å². The molecule has 0 radical (unpaired) electrons. The molecular formula is H15F5O5. The molecule has 0 amide bonds. The molecule has 0 atom stereocenters. The first-order valence-corrected chi connectivity index (χ1v) is 0. The molecule has 0 saturated carbocycles. The Hall–Kier alpha value is -0.550. The molecule has 0 aliphatic heterocycles. The van der Waals surface area contributed by atoms with E-state index in [4.69, 9.17) is 0 Å². The SMILES string of the molecule is F.F.F.F.F.O.O.O.O.O. The van der Waals surface area contributed by atoms with Crippen LogP contribution in [-0.4, -0.2) is 27.4 Å². The first kappa shape index (κ1) is 2230. The molecule has 10 heavy (non-hydrogen) atoms. The van der Waals surface area contributed by atoms with Gasteiger partial charge >= 0.3 is 0 Å². The zero-order chi connectivity index (χ0) is 0. The number of hydrogen-bond donors (Lipinski definition) is 0. The van der Waals surface area contributed by atoms with E-state index in [-0.39, 0.29) is 50.9 Å². The van der Waals surface area contributed by atoms with E-state index in [2.05, 4.69) is 0 Å². The highest BCUT2D eigenvalue weighted by Gasteiger charge is -0.265. The van der Waals surface area contributed by atoms with Crippen molar-refractivity contribution in [3.8, 4) is 0 Å². The average Bonchev–Trinajstić information content (AvgIpc) is 0. The lowest BCUT2D eigenvalue weighted by molar-refractivity contribution is 0.823. The summed E-state index contributed by atoms with van der Waals surface area (Å²) < 4.78 is 0. The molecule has 5 nitrogen and oxygen atoms in total. The monoisotopic (exact) mass is 190 g/mol. The Morgan fingerprint density at radius 3 is 0.200 bits per heavy atom. The summed E-state index contributed by atoms with van der Waals surface area (Å²) in [6.07, 6.45) is 0. The van der Waals surface area contributed by atoms with Gasteiger partial charge < -0.3 is 27.4 Å². The van der Waals surface area contributed by atoms with Crippen LogP contribution in [0.3, 0.4) is 0 Å². The molecule has 10 N–H and O–H groups in total. The van der Waals surface area contributed by atoms with Crippen LogP contribution >= 0.6 is 0 Å². The van der Waals surface area contributed by atoms with E-state index in [1.807, 2.05) is 0 Å². The summed E-state index contributed by atoms with van der Waals surface area (Å²) in [6, 6.07) is 0. The van der Waals surface area contributed by atoms with Gasteiger partial charge in [-0.3, -0.25) is 23.5 Å². The summed E-state index contributed by atoms with van der Waals surface area (Å²) in [5, 5.41) is 0. The largest absolute Gasteiger partial charge is 0.412 e. The van der Waals surface area contributed by atoms with Crippen molar-refractivity contribution >= 4 is 0 Å². The molecule has 0 unspecified atom stereocenters. The van der Waals surface area contributed by atoms with Gasteiger partial charge in [0.05, 0.1) is 0 Å². The molecule has 0 aliphatic carbocycles. The van der Waals surface area contributed by atoms with Crippen LogP contribution in [0.1, 0.15) is 0 Å². The van der Waals surface area contributed by atoms with E-state index in [0.717, 1.165) is 0 Å². The number of rotatable bonds is 0. The Kier molecular flexibility index (Phi) is 346000. The van der Waals surface area contributed by atoms with Crippen molar-refractivity contribution < 1.29 is 50.9 Å². The van der Waals surface area contributed by atoms with Crippen LogP contribution in [0.15, 0.2) is 0 Å². The predicted molar refractivity (Wildman–Crippen MR) is 30.6 cm³/mol.